The van der Waals surface area contributed by atoms with Crippen molar-refractivity contribution in [2.24, 2.45) is 4.99 Å². The predicted octanol–water partition coefficient (Wildman–Crippen LogP) is 3.35. The first kappa shape index (κ1) is 20.8. The molecule has 0 spiro atoms. The SMILES string of the molecule is CN=C(NCCNC(=O)c1ccccc1Cl)NCC(C)c1ccc(C)cc1. The summed E-state index contributed by atoms with van der Waals surface area (Å²) in [6.07, 6.45) is 0. The Morgan fingerprint density at radius 3 is 2.37 bits per heavy atom. The summed E-state index contributed by atoms with van der Waals surface area (Å²) in [5.74, 6) is 0.892. The first-order valence-corrected chi connectivity index (χ1v) is 9.43. The summed E-state index contributed by atoms with van der Waals surface area (Å²) in [5, 5.41) is 9.81. The van der Waals surface area contributed by atoms with Crippen molar-refractivity contribution >= 4 is 23.5 Å². The highest BCUT2D eigenvalue weighted by Gasteiger charge is 2.09. The van der Waals surface area contributed by atoms with Gasteiger partial charge in [-0.1, -0.05) is 60.5 Å². The summed E-state index contributed by atoms with van der Waals surface area (Å²) in [7, 11) is 1.73. The normalized spacial score (nSPS) is 12.4. The highest BCUT2D eigenvalue weighted by Crippen LogP contribution is 2.15. The number of guanidine groups is 1. The maximum atomic E-state index is 12.1. The molecule has 0 aliphatic heterocycles. The molecule has 0 saturated carbocycles. The monoisotopic (exact) mass is 386 g/mol. The largest absolute Gasteiger partial charge is 0.356 e. The molecule has 0 aromatic heterocycles. The van der Waals surface area contributed by atoms with E-state index < -0.39 is 0 Å². The van der Waals surface area contributed by atoms with Gasteiger partial charge in [-0.3, -0.25) is 9.79 Å². The first-order chi connectivity index (χ1) is 13.0. The summed E-state index contributed by atoms with van der Waals surface area (Å²) >= 11 is 6.03. The number of aliphatic imine (C=N–C) groups is 1. The summed E-state index contributed by atoms with van der Waals surface area (Å²) in [5.41, 5.74) is 3.03. The molecule has 0 radical (unpaired) electrons. The third-order valence-electron chi connectivity index (χ3n) is 4.27. The molecule has 0 saturated heterocycles. The fraction of sp³-hybridized carbons (Fsp3) is 0.333. The molecule has 0 fully saturated rings. The van der Waals surface area contributed by atoms with Crippen molar-refractivity contribution in [1.29, 1.82) is 0 Å². The molecule has 2 aromatic carbocycles. The summed E-state index contributed by atoms with van der Waals surface area (Å²) in [4.78, 5) is 16.3. The van der Waals surface area contributed by atoms with Gasteiger partial charge in [-0.05, 0) is 30.5 Å². The van der Waals surface area contributed by atoms with Crippen molar-refractivity contribution in [3.05, 3.63) is 70.2 Å². The van der Waals surface area contributed by atoms with Gasteiger partial charge in [-0.25, -0.2) is 0 Å². The molecule has 1 amide bonds. The fourth-order valence-corrected chi connectivity index (χ4v) is 2.80. The number of nitrogens with one attached hydrogen (secondary N) is 3. The van der Waals surface area contributed by atoms with Gasteiger partial charge in [0.1, 0.15) is 0 Å². The number of rotatable bonds is 7. The van der Waals surface area contributed by atoms with Crippen molar-refractivity contribution < 1.29 is 4.79 Å². The Labute approximate surface area is 166 Å². The van der Waals surface area contributed by atoms with Crippen molar-refractivity contribution in [1.82, 2.24) is 16.0 Å². The number of benzene rings is 2. The van der Waals surface area contributed by atoms with Crippen LogP contribution in [0.4, 0.5) is 0 Å². The quantitative estimate of drug-likeness (QED) is 0.388. The number of amides is 1. The zero-order valence-electron chi connectivity index (χ0n) is 16.1. The lowest BCUT2D eigenvalue weighted by Crippen LogP contribution is -2.42. The summed E-state index contributed by atoms with van der Waals surface area (Å²) in [6, 6.07) is 15.6. The molecule has 2 aromatic rings. The van der Waals surface area contributed by atoms with Crippen LogP contribution in [-0.2, 0) is 0 Å². The molecule has 144 valence electrons. The van der Waals surface area contributed by atoms with Crippen LogP contribution in [0.15, 0.2) is 53.5 Å². The minimum Gasteiger partial charge on any atom is -0.356 e. The minimum absolute atomic E-state index is 0.182. The molecule has 0 bridgehead atoms. The molecule has 0 heterocycles. The number of nitrogens with zero attached hydrogens (tertiary/aromatic N) is 1. The van der Waals surface area contributed by atoms with Crippen LogP contribution in [0.5, 0.6) is 0 Å². The van der Waals surface area contributed by atoms with Gasteiger partial charge in [-0.2, -0.15) is 0 Å². The van der Waals surface area contributed by atoms with Crippen LogP contribution in [-0.4, -0.2) is 38.5 Å². The maximum Gasteiger partial charge on any atom is 0.252 e. The molecule has 3 N–H and O–H groups in total. The van der Waals surface area contributed by atoms with Crippen LogP contribution in [0.3, 0.4) is 0 Å². The molecule has 2 rings (SSSR count). The van der Waals surface area contributed by atoms with Crippen molar-refractivity contribution in [3.63, 3.8) is 0 Å². The fourth-order valence-electron chi connectivity index (χ4n) is 2.58. The van der Waals surface area contributed by atoms with Crippen LogP contribution in [0.1, 0.15) is 34.3 Å². The molecule has 27 heavy (non-hydrogen) atoms. The maximum absolute atomic E-state index is 12.1. The van der Waals surface area contributed by atoms with Crippen molar-refractivity contribution in [2.45, 2.75) is 19.8 Å². The predicted molar refractivity (Wildman–Crippen MR) is 113 cm³/mol. The van der Waals surface area contributed by atoms with Crippen molar-refractivity contribution in [2.75, 3.05) is 26.7 Å². The van der Waals surface area contributed by atoms with Crippen LogP contribution in [0.25, 0.3) is 0 Å². The molecular weight excluding hydrogens is 360 g/mol. The van der Waals surface area contributed by atoms with Crippen LogP contribution in [0.2, 0.25) is 5.02 Å². The summed E-state index contributed by atoms with van der Waals surface area (Å²) in [6.45, 7) is 6.07. The Balaban J connectivity index is 1.72. The average Bonchev–Trinajstić information content (AvgIpc) is 2.68. The van der Waals surface area contributed by atoms with E-state index in [1.54, 1.807) is 31.3 Å². The molecule has 1 atom stereocenters. The van der Waals surface area contributed by atoms with E-state index >= 15 is 0 Å². The zero-order valence-corrected chi connectivity index (χ0v) is 16.8. The standard InChI is InChI=1S/C21H27ClN4O/c1-15-8-10-17(11-9-15)16(2)14-26-21(23-3)25-13-12-24-20(27)18-6-4-5-7-19(18)22/h4-11,16H,12-14H2,1-3H3,(H,24,27)(H2,23,25,26). The second kappa shape index (κ2) is 10.6. The van der Waals surface area contributed by atoms with Crippen LogP contribution in [0, 0.1) is 6.92 Å². The Kier molecular flexibility index (Phi) is 8.14. The van der Waals surface area contributed by atoms with Crippen LogP contribution < -0.4 is 16.0 Å². The second-order valence-corrected chi connectivity index (χ2v) is 6.83. The lowest BCUT2D eigenvalue weighted by atomic mass is 10.0. The first-order valence-electron chi connectivity index (χ1n) is 9.05. The van der Waals surface area contributed by atoms with Gasteiger partial charge < -0.3 is 16.0 Å². The Hall–Kier alpha value is -2.53. The Bertz CT molecular complexity index is 774. The van der Waals surface area contributed by atoms with Gasteiger partial charge in [-0.15, -0.1) is 0 Å². The van der Waals surface area contributed by atoms with Gasteiger partial charge in [0.15, 0.2) is 5.96 Å². The zero-order chi connectivity index (χ0) is 19.6. The minimum atomic E-state index is -0.182. The number of halogens is 1. The van der Waals surface area contributed by atoms with E-state index in [-0.39, 0.29) is 5.91 Å². The number of hydrogen-bond acceptors (Lipinski definition) is 2. The van der Waals surface area contributed by atoms with E-state index in [0.717, 1.165) is 6.54 Å². The lowest BCUT2D eigenvalue weighted by Gasteiger charge is -2.17. The van der Waals surface area contributed by atoms with E-state index in [4.69, 9.17) is 11.6 Å². The summed E-state index contributed by atoms with van der Waals surface area (Å²) < 4.78 is 0. The number of carbonyl (C=O) groups excluding carboxylic acids is 1. The Morgan fingerprint density at radius 2 is 1.70 bits per heavy atom. The number of carbonyl (C=O) groups is 1. The van der Waals surface area contributed by atoms with Crippen molar-refractivity contribution in [3.8, 4) is 0 Å². The highest BCUT2D eigenvalue weighted by molar-refractivity contribution is 6.33. The number of hydrogen-bond donors (Lipinski definition) is 3. The molecule has 0 aliphatic rings. The highest BCUT2D eigenvalue weighted by atomic mass is 35.5. The third-order valence-corrected chi connectivity index (χ3v) is 4.60. The average molecular weight is 387 g/mol. The van der Waals surface area contributed by atoms with Gasteiger partial charge >= 0.3 is 0 Å². The van der Waals surface area contributed by atoms with E-state index in [1.165, 1.54) is 11.1 Å². The third kappa shape index (κ3) is 6.61. The molecular formula is C21H27ClN4O. The van der Waals surface area contributed by atoms with Gasteiger partial charge in [0, 0.05) is 26.7 Å². The molecule has 5 nitrogen and oxygen atoms in total. The molecule has 0 aliphatic carbocycles. The topological polar surface area (TPSA) is 65.5 Å². The van der Waals surface area contributed by atoms with Gasteiger partial charge in [0.25, 0.3) is 5.91 Å². The lowest BCUT2D eigenvalue weighted by molar-refractivity contribution is 0.0954. The van der Waals surface area contributed by atoms with E-state index in [1.807, 2.05) is 0 Å². The van der Waals surface area contributed by atoms with E-state index in [9.17, 15) is 4.79 Å². The van der Waals surface area contributed by atoms with E-state index in [2.05, 4.69) is 59.1 Å². The molecule has 6 heteroatoms. The smallest absolute Gasteiger partial charge is 0.252 e. The second-order valence-electron chi connectivity index (χ2n) is 6.43. The van der Waals surface area contributed by atoms with E-state index in [0.29, 0.717) is 35.6 Å². The van der Waals surface area contributed by atoms with Gasteiger partial charge in [0.05, 0.1) is 10.6 Å². The molecule has 1 unspecified atom stereocenters. The van der Waals surface area contributed by atoms with Gasteiger partial charge in [0.2, 0.25) is 0 Å². The number of aryl methyl sites for hydroxylation is 1. The Morgan fingerprint density at radius 1 is 1.04 bits per heavy atom. The van der Waals surface area contributed by atoms with Crippen LogP contribution >= 0.6 is 11.6 Å².